The quantitative estimate of drug-likeness (QED) is 0.772. The molecule has 4 rings (SSSR count). The third-order valence-electron chi connectivity index (χ3n) is 5.19. The minimum atomic E-state index is -1.12. The highest BCUT2D eigenvalue weighted by atomic mass is 19.1. The molecule has 2 heteroatoms. The van der Waals surface area contributed by atoms with E-state index >= 15 is 0 Å². The van der Waals surface area contributed by atoms with Crippen molar-refractivity contribution in [2.24, 2.45) is 23.2 Å². The molecule has 0 aliphatic heterocycles. The molecule has 1 aromatic carbocycles. The van der Waals surface area contributed by atoms with Crippen molar-refractivity contribution in [3.8, 4) is 0 Å². The van der Waals surface area contributed by atoms with E-state index in [2.05, 4.69) is 13.8 Å². The summed E-state index contributed by atoms with van der Waals surface area (Å²) in [4.78, 5) is 12.4. The highest BCUT2D eigenvalue weighted by molar-refractivity contribution is 5.87. The van der Waals surface area contributed by atoms with Crippen molar-refractivity contribution in [3.63, 3.8) is 0 Å². The van der Waals surface area contributed by atoms with Gasteiger partial charge in [-0.05, 0) is 29.7 Å². The van der Waals surface area contributed by atoms with Crippen LogP contribution in [0.1, 0.15) is 38.4 Å². The highest BCUT2D eigenvalue weighted by Gasteiger charge is 2.59. The first-order chi connectivity index (χ1) is 8.51. The van der Waals surface area contributed by atoms with Crippen molar-refractivity contribution in [2.75, 3.05) is 0 Å². The summed E-state index contributed by atoms with van der Waals surface area (Å²) >= 11 is 0. The van der Waals surface area contributed by atoms with E-state index in [0.29, 0.717) is 11.5 Å². The molecule has 2 bridgehead atoms. The van der Waals surface area contributed by atoms with Crippen molar-refractivity contribution >= 4 is 5.78 Å². The van der Waals surface area contributed by atoms with Gasteiger partial charge >= 0.3 is 0 Å². The molecule has 3 aliphatic carbocycles. The minimum absolute atomic E-state index is 0.0863. The Hall–Kier alpha value is -1.18. The summed E-state index contributed by atoms with van der Waals surface area (Å²) in [6, 6.07) is 9.10. The molecule has 0 radical (unpaired) electrons. The fourth-order valence-corrected chi connectivity index (χ4v) is 3.71. The van der Waals surface area contributed by atoms with Gasteiger partial charge in [-0.15, -0.1) is 0 Å². The number of Topliss-reactive ketones (excluding diaryl/α,β-unsaturated/α-hetero) is 1. The van der Waals surface area contributed by atoms with Crippen molar-refractivity contribution in [1.82, 2.24) is 0 Å². The van der Waals surface area contributed by atoms with E-state index in [1.807, 2.05) is 18.2 Å². The maximum absolute atomic E-state index is 14.5. The van der Waals surface area contributed by atoms with Crippen molar-refractivity contribution in [2.45, 2.75) is 32.9 Å². The standard InChI is InChI=1S/C16H19FO/c1-16(2)11-8-12(15(18)13(16)9-11)14(17)10-6-4-3-5-7-10/h3-7,11-14H,8-9H2,1-2H3. The molecule has 3 saturated carbocycles. The molecule has 1 nitrogen and oxygen atoms in total. The molecule has 0 amide bonds. The molecule has 0 aromatic heterocycles. The number of carbonyl (C=O) groups excluding carboxylic acids is 1. The number of hydrogen-bond donors (Lipinski definition) is 0. The monoisotopic (exact) mass is 246 g/mol. The van der Waals surface area contributed by atoms with E-state index in [1.165, 1.54) is 0 Å². The van der Waals surface area contributed by atoms with E-state index in [9.17, 15) is 9.18 Å². The zero-order valence-electron chi connectivity index (χ0n) is 10.9. The van der Waals surface area contributed by atoms with Crippen LogP contribution in [0.25, 0.3) is 0 Å². The second kappa shape index (κ2) is 3.91. The fourth-order valence-electron chi connectivity index (χ4n) is 3.71. The zero-order valence-corrected chi connectivity index (χ0v) is 10.9. The summed E-state index contributed by atoms with van der Waals surface area (Å²) in [6.45, 7) is 4.30. The molecule has 3 aliphatic rings. The van der Waals surface area contributed by atoms with Crippen LogP contribution in [0.2, 0.25) is 0 Å². The molecule has 96 valence electrons. The summed E-state index contributed by atoms with van der Waals surface area (Å²) < 4.78 is 14.5. The number of ketones is 1. The molecular formula is C16H19FO. The molecule has 0 heterocycles. The maximum atomic E-state index is 14.5. The van der Waals surface area contributed by atoms with Gasteiger partial charge in [0.1, 0.15) is 12.0 Å². The van der Waals surface area contributed by atoms with Crippen molar-refractivity contribution in [1.29, 1.82) is 0 Å². The van der Waals surface area contributed by atoms with Gasteiger partial charge in [0.05, 0.1) is 5.92 Å². The number of rotatable bonds is 2. The van der Waals surface area contributed by atoms with Crippen LogP contribution in [-0.2, 0) is 4.79 Å². The van der Waals surface area contributed by atoms with Crippen LogP contribution in [0.15, 0.2) is 30.3 Å². The van der Waals surface area contributed by atoms with E-state index in [1.54, 1.807) is 12.1 Å². The molecule has 0 N–H and O–H groups in total. The molecule has 4 unspecified atom stereocenters. The smallest absolute Gasteiger partial charge is 0.142 e. The SMILES string of the molecule is CC1(C)C2CC(C(F)c3ccccc3)C(=O)C1C2. The summed E-state index contributed by atoms with van der Waals surface area (Å²) in [6.07, 6.45) is 0.572. The van der Waals surface area contributed by atoms with Crippen molar-refractivity contribution < 1.29 is 9.18 Å². The lowest BCUT2D eigenvalue weighted by molar-refractivity contribution is -0.161. The molecule has 4 atom stereocenters. The Kier molecular flexibility index (Phi) is 2.58. The number of benzene rings is 1. The topological polar surface area (TPSA) is 17.1 Å². The number of hydrogen-bond acceptors (Lipinski definition) is 1. The Labute approximate surface area is 107 Å². The first-order valence-corrected chi connectivity index (χ1v) is 6.74. The molecular weight excluding hydrogens is 227 g/mol. The fraction of sp³-hybridized carbons (Fsp3) is 0.562. The lowest BCUT2D eigenvalue weighted by atomic mass is 9.45. The molecule has 0 saturated heterocycles. The lowest BCUT2D eigenvalue weighted by Crippen LogP contribution is -2.56. The average Bonchev–Trinajstić information content (AvgIpc) is 2.38. The predicted octanol–water partition coefficient (Wildman–Crippen LogP) is 3.95. The van der Waals surface area contributed by atoms with E-state index in [-0.39, 0.29) is 17.1 Å². The Bertz CT molecular complexity index is 465. The van der Waals surface area contributed by atoms with Gasteiger partial charge in [-0.25, -0.2) is 4.39 Å². The van der Waals surface area contributed by atoms with E-state index < -0.39 is 12.1 Å². The van der Waals surface area contributed by atoms with Gasteiger partial charge in [-0.3, -0.25) is 4.79 Å². The number of fused-ring (bicyclic) bond motifs is 2. The van der Waals surface area contributed by atoms with Crippen LogP contribution < -0.4 is 0 Å². The van der Waals surface area contributed by atoms with Gasteiger partial charge in [0.15, 0.2) is 0 Å². The number of carbonyl (C=O) groups is 1. The van der Waals surface area contributed by atoms with Gasteiger partial charge in [-0.1, -0.05) is 44.2 Å². The second-order valence-corrected chi connectivity index (χ2v) is 6.36. The van der Waals surface area contributed by atoms with Crippen LogP contribution in [-0.4, -0.2) is 5.78 Å². The van der Waals surface area contributed by atoms with Gasteiger partial charge in [0.2, 0.25) is 0 Å². The molecule has 1 aromatic rings. The summed E-state index contributed by atoms with van der Waals surface area (Å²) in [5.74, 6) is 0.346. The third kappa shape index (κ3) is 1.54. The van der Waals surface area contributed by atoms with E-state index in [0.717, 1.165) is 12.8 Å². The summed E-state index contributed by atoms with van der Waals surface area (Å²) in [5, 5.41) is 0. The Balaban J connectivity index is 1.82. The molecule has 3 fully saturated rings. The first-order valence-electron chi connectivity index (χ1n) is 6.74. The highest BCUT2D eigenvalue weighted by Crippen LogP contribution is 2.60. The Morgan fingerprint density at radius 2 is 1.89 bits per heavy atom. The van der Waals surface area contributed by atoms with Gasteiger partial charge in [-0.2, -0.15) is 0 Å². The molecule has 0 spiro atoms. The van der Waals surface area contributed by atoms with Crippen LogP contribution >= 0.6 is 0 Å². The average molecular weight is 246 g/mol. The minimum Gasteiger partial charge on any atom is -0.299 e. The van der Waals surface area contributed by atoms with Crippen LogP contribution in [0.4, 0.5) is 4.39 Å². The number of alkyl halides is 1. The largest absolute Gasteiger partial charge is 0.299 e. The molecule has 18 heavy (non-hydrogen) atoms. The van der Waals surface area contributed by atoms with Gasteiger partial charge < -0.3 is 0 Å². The van der Waals surface area contributed by atoms with Crippen LogP contribution in [0, 0.1) is 23.2 Å². The third-order valence-corrected chi connectivity index (χ3v) is 5.19. The van der Waals surface area contributed by atoms with Crippen LogP contribution in [0.5, 0.6) is 0 Å². The summed E-state index contributed by atoms with van der Waals surface area (Å²) in [5.41, 5.74) is 0.749. The van der Waals surface area contributed by atoms with Gasteiger partial charge in [0.25, 0.3) is 0 Å². The first kappa shape index (κ1) is 11.9. The predicted molar refractivity (Wildman–Crippen MR) is 68.8 cm³/mol. The maximum Gasteiger partial charge on any atom is 0.142 e. The summed E-state index contributed by atoms with van der Waals surface area (Å²) in [7, 11) is 0. The van der Waals surface area contributed by atoms with Crippen molar-refractivity contribution in [3.05, 3.63) is 35.9 Å². The Morgan fingerprint density at radius 1 is 1.22 bits per heavy atom. The lowest BCUT2D eigenvalue weighted by Gasteiger charge is -2.57. The second-order valence-electron chi connectivity index (χ2n) is 6.36. The van der Waals surface area contributed by atoms with Crippen LogP contribution in [0.3, 0.4) is 0 Å². The number of halogens is 1. The normalized spacial score (nSPS) is 34.8. The Morgan fingerprint density at radius 3 is 2.44 bits per heavy atom. The zero-order chi connectivity index (χ0) is 12.9. The van der Waals surface area contributed by atoms with E-state index in [4.69, 9.17) is 0 Å². The van der Waals surface area contributed by atoms with Gasteiger partial charge in [0, 0.05) is 5.92 Å².